The summed E-state index contributed by atoms with van der Waals surface area (Å²) in [6.45, 7) is 1.04. The number of thiol groups is 1. The first kappa shape index (κ1) is 8.78. The Labute approximate surface area is 60.4 Å². The van der Waals surface area contributed by atoms with Crippen molar-refractivity contribution in [3.63, 3.8) is 0 Å². The van der Waals surface area contributed by atoms with Gasteiger partial charge in [0.25, 0.3) is 0 Å². The van der Waals surface area contributed by atoms with Gasteiger partial charge in [-0.15, -0.1) is 0 Å². The number of carbonyl (C=O) groups is 1. The molecule has 0 aromatic heterocycles. The van der Waals surface area contributed by atoms with Crippen LogP contribution < -0.4 is 11.1 Å². The molecule has 3 N–H and O–H groups in total. The Hall–Kier alpha value is -0.220. The van der Waals surface area contributed by atoms with Crippen molar-refractivity contribution < 1.29 is 4.79 Å². The van der Waals surface area contributed by atoms with E-state index in [-0.39, 0.29) is 5.91 Å². The van der Waals surface area contributed by atoms with Crippen LogP contribution in [0.25, 0.3) is 0 Å². The predicted molar refractivity (Wildman–Crippen MR) is 40.5 cm³/mol. The average molecular weight is 148 g/mol. The van der Waals surface area contributed by atoms with Crippen molar-refractivity contribution in [3.8, 4) is 0 Å². The highest BCUT2D eigenvalue weighted by Crippen LogP contribution is 1.74. The van der Waals surface area contributed by atoms with Crippen molar-refractivity contribution in [2.75, 3.05) is 18.8 Å². The lowest BCUT2D eigenvalue weighted by atomic mass is 10.4. The van der Waals surface area contributed by atoms with Crippen molar-refractivity contribution in [2.24, 2.45) is 5.73 Å². The molecule has 0 aliphatic rings. The molecule has 0 bridgehead atoms. The van der Waals surface area contributed by atoms with E-state index >= 15 is 0 Å². The number of nitrogens with one attached hydrogen (secondary N) is 1. The van der Waals surface area contributed by atoms with Gasteiger partial charge in [0.2, 0.25) is 5.91 Å². The lowest BCUT2D eigenvalue weighted by molar-refractivity contribution is -0.120. The number of rotatable bonds is 4. The molecule has 1 amide bonds. The zero-order chi connectivity index (χ0) is 7.11. The largest absolute Gasteiger partial charge is 0.355 e. The monoisotopic (exact) mass is 148 g/mol. The maximum absolute atomic E-state index is 10.6. The van der Waals surface area contributed by atoms with Gasteiger partial charge in [-0.05, 0) is 0 Å². The van der Waals surface area contributed by atoms with E-state index in [0.717, 1.165) is 0 Å². The van der Waals surface area contributed by atoms with Crippen LogP contribution >= 0.6 is 12.6 Å². The molecule has 0 spiro atoms. The molecule has 0 rings (SSSR count). The fourth-order valence-corrected chi connectivity index (χ4v) is 0.527. The van der Waals surface area contributed by atoms with Gasteiger partial charge >= 0.3 is 0 Å². The van der Waals surface area contributed by atoms with Crippen molar-refractivity contribution >= 4 is 18.5 Å². The molecule has 0 radical (unpaired) electrons. The molecule has 0 aromatic rings. The van der Waals surface area contributed by atoms with E-state index in [9.17, 15) is 4.79 Å². The molecule has 0 saturated carbocycles. The molecule has 0 aromatic carbocycles. The van der Waals surface area contributed by atoms with Crippen molar-refractivity contribution in [1.82, 2.24) is 5.32 Å². The third kappa shape index (κ3) is 5.65. The topological polar surface area (TPSA) is 55.1 Å². The Balaban J connectivity index is 3.06. The summed E-state index contributed by atoms with van der Waals surface area (Å²) >= 11 is 3.92. The van der Waals surface area contributed by atoms with Crippen LogP contribution in [0.15, 0.2) is 0 Å². The van der Waals surface area contributed by atoms with Crippen molar-refractivity contribution in [3.05, 3.63) is 0 Å². The summed E-state index contributed by atoms with van der Waals surface area (Å²) in [5, 5.41) is 2.64. The standard InChI is InChI=1S/C5H12N2OS/c6-2-1-5(8)7-3-4-9/h9H,1-4,6H2,(H,7,8). The molecule has 0 unspecified atom stereocenters. The van der Waals surface area contributed by atoms with Gasteiger partial charge in [0.1, 0.15) is 0 Å². The van der Waals surface area contributed by atoms with E-state index in [1.807, 2.05) is 0 Å². The Bertz CT molecular complexity index is 87.0. The first-order valence-electron chi connectivity index (χ1n) is 2.89. The van der Waals surface area contributed by atoms with Crippen LogP contribution in [0.3, 0.4) is 0 Å². The highest BCUT2D eigenvalue weighted by molar-refractivity contribution is 7.80. The van der Waals surface area contributed by atoms with Crippen LogP contribution in [0.5, 0.6) is 0 Å². The number of hydrogen-bond donors (Lipinski definition) is 3. The molecule has 0 aliphatic carbocycles. The van der Waals surface area contributed by atoms with E-state index in [2.05, 4.69) is 17.9 Å². The summed E-state index contributed by atoms with van der Waals surface area (Å²) in [6.07, 6.45) is 0.410. The zero-order valence-corrected chi connectivity index (χ0v) is 6.16. The quantitative estimate of drug-likeness (QED) is 0.465. The molecule has 0 aliphatic heterocycles. The van der Waals surface area contributed by atoms with Gasteiger partial charge in [-0.2, -0.15) is 12.6 Å². The van der Waals surface area contributed by atoms with Crippen LogP contribution in [-0.4, -0.2) is 24.7 Å². The maximum Gasteiger partial charge on any atom is 0.221 e. The average Bonchev–Trinajstić information content (AvgIpc) is 1.85. The Kier molecular flexibility index (Phi) is 5.76. The lowest BCUT2D eigenvalue weighted by Crippen LogP contribution is -2.27. The van der Waals surface area contributed by atoms with Crippen LogP contribution in [0.2, 0.25) is 0 Å². The summed E-state index contributed by atoms with van der Waals surface area (Å²) in [5.41, 5.74) is 5.12. The molecule has 54 valence electrons. The van der Waals surface area contributed by atoms with Crippen molar-refractivity contribution in [1.29, 1.82) is 0 Å². The van der Waals surface area contributed by atoms with Gasteiger partial charge in [0.15, 0.2) is 0 Å². The first-order valence-corrected chi connectivity index (χ1v) is 3.52. The van der Waals surface area contributed by atoms with Crippen LogP contribution in [0.1, 0.15) is 6.42 Å². The van der Waals surface area contributed by atoms with Gasteiger partial charge in [-0.1, -0.05) is 0 Å². The molecule has 9 heavy (non-hydrogen) atoms. The van der Waals surface area contributed by atoms with E-state index < -0.39 is 0 Å². The summed E-state index contributed by atoms with van der Waals surface area (Å²) < 4.78 is 0. The van der Waals surface area contributed by atoms with Gasteiger partial charge in [-0.3, -0.25) is 4.79 Å². The SMILES string of the molecule is NCCC(=O)NCCS. The van der Waals surface area contributed by atoms with E-state index in [4.69, 9.17) is 5.73 Å². The fraction of sp³-hybridized carbons (Fsp3) is 0.800. The zero-order valence-electron chi connectivity index (χ0n) is 5.26. The van der Waals surface area contributed by atoms with Crippen LogP contribution in [0, 0.1) is 0 Å². The minimum atomic E-state index is 0.00606. The second kappa shape index (κ2) is 5.91. The third-order valence-corrected chi connectivity index (χ3v) is 1.03. The molecule has 0 atom stereocenters. The number of nitrogens with two attached hydrogens (primary N) is 1. The highest BCUT2D eigenvalue weighted by Gasteiger charge is 1.94. The second-order valence-electron chi connectivity index (χ2n) is 1.61. The Morgan fingerprint density at radius 2 is 2.33 bits per heavy atom. The summed E-state index contributed by atoms with van der Waals surface area (Å²) in [6, 6.07) is 0. The fourth-order valence-electron chi connectivity index (χ4n) is 0.415. The Morgan fingerprint density at radius 3 is 2.78 bits per heavy atom. The lowest BCUT2D eigenvalue weighted by Gasteiger charge is -1.99. The number of hydrogen-bond acceptors (Lipinski definition) is 3. The van der Waals surface area contributed by atoms with Crippen LogP contribution in [-0.2, 0) is 4.79 Å². The molecule has 0 fully saturated rings. The third-order valence-electron chi connectivity index (χ3n) is 0.805. The van der Waals surface area contributed by atoms with Gasteiger partial charge in [0, 0.05) is 25.3 Å². The van der Waals surface area contributed by atoms with Crippen LogP contribution in [0.4, 0.5) is 0 Å². The minimum absolute atomic E-state index is 0.00606. The Morgan fingerprint density at radius 1 is 1.67 bits per heavy atom. The number of amides is 1. The molecule has 0 saturated heterocycles. The molecule has 3 nitrogen and oxygen atoms in total. The number of carbonyl (C=O) groups excluding carboxylic acids is 1. The first-order chi connectivity index (χ1) is 4.31. The van der Waals surface area contributed by atoms with Gasteiger partial charge in [0.05, 0.1) is 0 Å². The smallest absolute Gasteiger partial charge is 0.221 e. The predicted octanol–water partition coefficient (Wildman–Crippen LogP) is -0.619. The molecular weight excluding hydrogens is 136 g/mol. The summed E-state index contributed by atoms with van der Waals surface area (Å²) in [4.78, 5) is 10.6. The molecule has 0 heterocycles. The van der Waals surface area contributed by atoms with Gasteiger partial charge < -0.3 is 11.1 Å². The summed E-state index contributed by atoms with van der Waals surface area (Å²) in [7, 11) is 0. The summed E-state index contributed by atoms with van der Waals surface area (Å²) in [5.74, 6) is 0.683. The van der Waals surface area contributed by atoms with E-state index in [1.54, 1.807) is 0 Å². The van der Waals surface area contributed by atoms with Gasteiger partial charge in [-0.25, -0.2) is 0 Å². The maximum atomic E-state index is 10.6. The molecule has 4 heteroatoms. The highest BCUT2D eigenvalue weighted by atomic mass is 32.1. The van der Waals surface area contributed by atoms with Crippen molar-refractivity contribution in [2.45, 2.75) is 6.42 Å². The second-order valence-corrected chi connectivity index (χ2v) is 2.06. The minimum Gasteiger partial charge on any atom is -0.355 e. The van der Waals surface area contributed by atoms with E-state index in [0.29, 0.717) is 25.3 Å². The normalized spacial score (nSPS) is 9.11. The molecular formula is C5H12N2OS. The van der Waals surface area contributed by atoms with E-state index in [1.165, 1.54) is 0 Å².